The molecule has 0 fully saturated rings. The fraction of sp³-hybridized carbons (Fsp3) is 0.400. The number of ether oxygens (including phenoxy) is 1. The molecule has 2 aromatic rings. The van der Waals surface area contributed by atoms with E-state index in [1.165, 1.54) is 0 Å². The first-order valence-electron chi connectivity index (χ1n) is 8.55. The van der Waals surface area contributed by atoms with Crippen molar-refractivity contribution in [3.8, 4) is 17.7 Å². The second kappa shape index (κ2) is 7.96. The molecule has 26 heavy (non-hydrogen) atoms. The average molecular weight is 351 g/mol. The molecule has 1 heterocycles. The summed E-state index contributed by atoms with van der Waals surface area (Å²) in [7, 11) is 1.95. The summed E-state index contributed by atoms with van der Waals surface area (Å²) >= 11 is 0. The molecule has 0 unspecified atom stereocenters. The third-order valence-corrected chi connectivity index (χ3v) is 3.83. The molecule has 6 heteroatoms. The van der Waals surface area contributed by atoms with Crippen LogP contribution in [0.1, 0.15) is 44.6 Å². The summed E-state index contributed by atoms with van der Waals surface area (Å²) in [4.78, 5) is 15.2. The third-order valence-electron chi connectivity index (χ3n) is 3.83. The highest BCUT2D eigenvalue weighted by Crippen LogP contribution is 2.31. The van der Waals surface area contributed by atoms with Gasteiger partial charge >= 0.3 is 0 Å². The Morgan fingerprint density at radius 1 is 1.35 bits per heavy atom. The van der Waals surface area contributed by atoms with Crippen LogP contribution in [0.2, 0.25) is 0 Å². The van der Waals surface area contributed by atoms with Crippen LogP contribution in [0.3, 0.4) is 0 Å². The monoisotopic (exact) mass is 351 g/mol. The minimum absolute atomic E-state index is 0.183. The summed E-state index contributed by atoms with van der Waals surface area (Å²) < 4.78 is 5.88. The Kier molecular flexibility index (Phi) is 5.93. The number of hydrogen-bond donors (Lipinski definition) is 0. The summed E-state index contributed by atoms with van der Waals surface area (Å²) in [5.74, 6) is 1.57. The Labute approximate surface area is 155 Å². The fourth-order valence-corrected chi connectivity index (χ4v) is 2.10. The number of benzene rings is 1. The molecule has 0 aliphatic rings. The van der Waals surface area contributed by atoms with Crippen LogP contribution in [-0.2, 0) is 5.41 Å². The summed E-state index contributed by atoms with van der Waals surface area (Å²) in [6.07, 6.45) is 3.42. The second-order valence-electron chi connectivity index (χ2n) is 7.14. The molecule has 0 aliphatic heterocycles. The lowest BCUT2D eigenvalue weighted by atomic mass is 9.96. The number of aromatic nitrogens is 2. The Morgan fingerprint density at radius 2 is 2.08 bits per heavy atom. The topological polar surface area (TPSA) is 74.4 Å². The molecule has 0 saturated carbocycles. The normalized spacial score (nSPS) is 11.4. The molecule has 0 aliphatic carbocycles. The van der Waals surface area contributed by atoms with Crippen molar-refractivity contribution in [2.24, 2.45) is 4.99 Å². The van der Waals surface area contributed by atoms with Crippen LogP contribution < -0.4 is 4.74 Å². The zero-order valence-electron chi connectivity index (χ0n) is 16.2. The van der Waals surface area contributed by atoms with Crippen molar-refractivity contribution < 1.29 is 4.74 Å². The molecule has 0 amide bonds. The van der Waals surface area contributed by atoms with Crippen LogP contribution in [0, 0.1) is 18.3 Å². The smallest absolute Gasteiger partial charge is 0.222 e. The van der Waals surface area contributed by atoms with E-state index in [0.717, 1.165) is 17.8 Å². The lowest BCUT2D eigenvalue weighted by molar-refractivity contribution is 0.444. The third kappa shape index (κ3) is 4.79. The number of aliphatic imine (C=N–C) groups is 1. The van der Waals surface area contributed by atoms with E-state index in [4.69, 9.17) is 4.74 Å². The predicted molar refractivity (Wildman–Crippen MR) is 103 cm³/mol. The molecule has 1 aromatic heterocycles. The molecule has 0 saturated heterocycles. The summed E-state index contributed by atoms with van der Waals surface area (Å²) in [5.41, 5.74) is 1.90. The van der Waals surface area contributed by atoms with Gasteiger partial charge < -0.3 is 9.64 Å². The molecule has 1 aromatic carbocycles. The van der Waals surface area contributed by atoms with E-state index in [-0.39, 0.29) is 5.41 Å². The minimum atomic E-state index is -0.183. The van der Waals surface area contributed by atoms with E-state index in [1.54, 1.807) is 24.7 Å². The molecule has 6 nitrogen and oxygen atoms in total. The van der Waals surface area contributed by atoms with Crippen molar-refractivity contribution in [1.29, 1.82) is 5.26 Å². The number of nitrogens with zero attached hydrogens (tertiary/aromatic N) is 5. The zero-order chi connectivity index (χ0) is 19.3. The standard InChI is InChI=1S/C20H25N5O/c1-7-25(6)13-23-16-11-15(12-21)17(10-14(16)2)26-18-8-9-22-19(24-18)20(3,4)5/h8-11,13H,7H2,1-6H3. The van der Waals surface area contributed by atoms with Gasteiger partial charge in [-0.3, -0.25) is 0 Å². The number of rotatable bonds is 5. The maximum atomic E-state index is 9.49. The zero-order valence-corrected chi connectivity index (χ0v) is 16.2. The summed E-state index contributed by atoms with van der Waals surface area (Å²) in [5, 5.41) is 9.49. The van der Waals surface area contributed by atoms with Gasteiger partial charge in [-0.1, -0.05) is 20.8 Å². The van der Waals surface area contributed by atoms with Gasteiger partial charge in [-0.15, -0.1) is 0 Å². The van der Waals surface area contributed by atoms with Gasteiger partial charge in [0.15, 0.2) is 0 Å². The van der Waals surface area contributed by atoms with Crippen molar-refractivity contribution in [3.63, 3.8) is 0 Å². The first-order chi connectivity index (χ1) is 12.2. The van der Waals surface area contributed by atoms with Crippen molar-refractivity contribution in [2.45, 2.75) is 40.0 Å². The maximum Gasteiger partial charge on any atom is 0.222 e. The Morgan fingerprint density at radius 3 is 2.69 bits per heavy atom. The second-order valence-corrected chi connectivity index (χ2v) is 7.14. The SMILES string of the molecule is CCN(C)C=Nc1cc(C#N)c(Oc2ccnc(C(C)(C)C)n2)cc1C. The van der Waals surface area contributed by atoms with Crippen molar-refractivity contribution in [3.05, 3.63) is 41.3 Å². The van der Waals surface area contributed by atoms with E-state index < -0.39 is 0 Å². The minimum Gasteiger partial charge on any atom is -0.438 e. The van der Waals surface area contributed by atoms with Gasteiger partial charge in [0.1, 0.15) is 17.6 Å². The quantitative estimate of drug-likeness (QED) is 0.591. The molecule has 0 N–H and O–H groups in total. The molecular weight excluding hydrogens is 326 g/mol. The van der Waals surface area contributed by atoms with E-state index >= 15 is 0 Å². The summed E-state index contributed by atoms with van der Waals surface area (Å²) in [6.45, 7) is 11.0. The summed E-state index contributed by atoms with van der Waals surface area (Å²) in [6, 6.07) is 7.41. The van der Waals surface area contributed by atoms with Crippen molar-refractivity contribution in [2.75, 3.05) is 13.6 Å². The Hall–Kier alpha value is -2.94. The highest BCUT2D eigenvalue weighted by molar-refractivity contribution is 5.66. The van der Waals surface area contributed by atoms with Gasteiger partial charge in [0.05, 0.1) is 17.6 Å². The molecule has 0 atom stereocenters. The highest BCUT2D eigenvalue weighted by Gasteiger charge is 2.18. The van der Waals surface area contributed by atoms with Crippen LogP contribution >= 0.6 is 0 Å². The molecule has 2 rings (SSSR count). The van der Waals surface area contributed by atoms with Gasteiger partial charge in [0.25, 0.3) is 0 Å². The van der Waals surface area contributed by atoms with Crippen molar-refractivity contribution >= 4 is 12.0 Å². The van der Waals surface area contributed by atoms with E-state index in [9.17, 15) is 5.26 Å². The van der Waals surface area contributed by atoms with Crippen LogP contribution in [0.15, 0.2) is 29.4 Å². The largest absolute Gasteiger partial charge is 0.438 e. The Balaban J connectivity index is 2.35. The molecule has 0 spiro atoms. The first kappa shape index (κ1) is 19.4. The van der Waals surface area contributed by atoms with Crippen LogP contribution in [0.5, 0.6) is 11.6 Å². The van der Waals surface area contributed by atoms with Crippen LogP contribution in [-0.4, -0.2) is 34.8 Å². The molecular formula is C20H25N5O. The Bertz CT molecular complexity index is 846. The highest BCUT2D eigenvalue weighted by atomic mass is 16.5. The van der Waals surface area contributed by atoms with Crippen LogP contribution in [0.25, 0.3) is 0 Å². The number of nitriles is 1. The van der Waals surface area contributed by atoms with E-state index in [1.807, 2.05) is 52.6 Å². The first-order valence-corrected chi connectivity index (χ1v) is 8.55. The van der Waals surface area contributed by atoms with E-state index in [2.05, 4.69) is 21.0 Å². The van der Waals surface area contributed by atoms with Gasteiger partial charge in [0.2, 0.25) is 5.88 Å². The van der Waals surface area contributed by atoms with Gasteiger partial charge in [-0.25, -0.2) is 9.98 Å². The van der Waals surface area contributed by atoms with Crippen molar-refractivity contribution in [1.82, 2.24) is 14.9 Å². The predicted octanol–water partition coefficient (Wildman–Crippen LogP) is 4.36. The molecule has 136 valence electrons. The van der Waals surface area contributed by atoms with Crippen LogP contribution in [0.4, 0.5) is 5.69 Å². The lowest BCUT2D eigenvalue weighted by Crippen LogP contribution is -2.15. The number of aryl methyl sites for hydroxylation is 1. The lowest BCUT2D eigenvalue weighted by Gasteiger charge is -2.17. The number of hydrogen-bond acceptors (Lipinski definition) is 5. The van der Waals surface area contributed by atoms with E-state index in [0.29, 0.717) is 23.0 Å². The van der Waals surface area contributed by atoms with Gasteiger partial charge in [-0.05, 0) is 31.5 Å². The van der Waals surface area contributed by atoms with Gasteiger partial charge in [-0.2, -0.15) is 10.2 Å². The maximum absolute atomic E-state index is 9.49. The average Bonchev–Trinajstić information content (AvgIpc) is 2.60. The fourth-order valence-electron chi connectivity index (χ4n) is 2.10. The molecule has 0 radical (unpaired) electrons. The van der Waals surface area contributed by atoms with Gasteiger partial charge in [0, 0.05) is 31.3 Å². The molecule has 0 bridgehead atoms.